The molecule has 1 nitrogen and oxygen atoms in total. The van der Waals surface area contributed by atoms with E-state index in [0.717, 1.165) is 21.5 Å². The largest absolute Gasteiger partial charge is 0.398 e. The summed E-state index contributed by atoms with van der Waals surface area (Å²) in [7, 11) is 0. The normalized spacial score (nSPS) is 10.5. The molecule has 0 spiro atoms. The molecule has 0 aliphatic heterocycles. The fourth-order valence-electron chi connectivity index (χ4n) is 1.54. The molecule has 0 fully saturated rings. The molecule has 0 saturated heterocycles. The number of anilines is 1. The third-order valence-electron chi connectivity index (χ3n) is 2.52. The zero-order chi connectivity index (χ0) is 12.3. The molecule has 0 atom stereocenters. The molecule has 3 heteroatoms. The van der Waals surface area contributed by atoms with E-state index in [1.807, 2.05) is 12.1 Å². The molecule has 88 valence electrons. The highest BCUT2D eigenvalue weighted by atomic mass is 79.9. The summed E-state index contributed by atoms with van der Waals surface area (Å²) < 4.78 is 1.09. The minimum atomic E-state index is 0.859. The van der Waals surface area contributed by atoms with Gasteiger partial charge in [0.2, 0.25) is 0 Å². The monoisotopic (exact) mass is 307 g/mol. The van der Waals surface area contributed by atoms with E-state index in [2.05, 4.69) is 53.2 Å². The Hall–Kier alpha value is -0.930. The van der Waals surface area contributed by atoms with E-state index in [9.17, 15) is 0 Å². The standard InChI is InChI=1S/C14H14BrNS/c1-2-10-3-8-14(13(16)9-10)17-12-6-4-11(15)5-7-12/h3-9H,2,16H2,1H3. The summed E-state index contributed by atoms with van der Waals surface area (Å²) >= 11 is 5.13. The van der Waals surface area contributed by atoms with Gasteiger partial charge in [-0.15, -0.1) is 0 Å². The zero-order valence-electron chi connectivity index (χ0n) is 9.61. The molecule has 2 N–H and O–H groups in total. The molecule has 0 bridgehead atoms. The molecular formula is C14H14BrNS. The van der Waals surface area contributed by atoms with E-state index in [0.29, 0.717) is 0 Å². The van der Waals surface area contributed by atoms with E-state index in [-0.39, 0.29) is 0 Å². The predicted molar refractivity (Wildman–Crippen MR) is 78.5 cm³/mol. The Labute approximate surface area is 115 Å². The zero-order valence-corrected chi connectivity index (χ0v) is 12.0. The maximum atomic E-state index is 6.04. The first-order valence-electron chi connectivity index (χ1n) is 5.51. The predicted octanol–water partition coefficient (Wildman–Crippen LogP) is 4.74. The Morgan fingerprint density at radius 2 is 1.82 bits per heavy atom. The Morgan fingerprint density at radius 1 is 1.12 bits per heavy atom. The van der Waals surface area contributed by atoms with Crippen LogP contribution in [0.4, 0.5) is 5.69 Å². The fourth-order valence-corrected chi connectivity index (χ4v) is 2.64. The summed E-state index contributed by atoms with van der Waals surface area (Å²) in [6.07, 6.45) is 1.02. The second kappa shape index (κ2) is 5.61. The maximum absolute atomic E-state index is 6.04. The van der Waals surface area contributed by atoms with Crippen LogP contribution in [0.25, 0.3) is 0 Å². The van der Waals surface area contributed by atoms with Gasteiger partial charge in [-0.05, 0) is 48.4 Å². The quantitative estimate of drug-likeness (QED) is 0.828. The van der Waals surface area contributed by atoms with Gasteiger partial charge in [0.25, 0.3) is 0 Å². The molecule has 2 aromatic carbocycles. The van der Waals surface area contributed by atoms with Crippen molar-refractivity contribution in [1.82, 2.24) is 0 Å². The summed E-state index contributed by atoms with van der Waals surface area (Å²) in [6, 6.07) is 14.5. The van der Waals surface area contributed by atoms with Gasteiger partial charge in [0.05, 0.1) is 0 Å². The number of halogens is 1. The number of benzene rings is 2. The SMILES string of the molecule is CCc1ccc(Sc2ccc(Br)cc2)c(N)c1. The highest BCUT2D eigenvalue weighted by molar-refractivity contribution is 9.10. The van der Waals surface area contributed by atoms with Gasteiger partial charge >= 0.3 is 0 Å². The van der Waals surface area contributed by atoms with Gasteiger partial charge in [0.15, 0.2) is 0 Å². The number of nitrogen functional groups attached to an aromatic ring is 1. The summed E-state index contributed by atoms with van der Waals surface area (Å²) in [5, 5.41) is 0. The number of nitrogens with two attached hydrogens (primary N) is 1. The number of rotatable bonds is 3. The summed E-state index contributed by atoms with van der Waals surface area (Å²) in [5.74, 6) is 0. The van der Waals surface area contributed by atoms with Gasteiger partial charge in [-0.3, -0.25) is 0 Å². The lowest BCUT2D eigenvalue weighted by atomic mass is 10.1. The molecule has 2 aromatic rings. The van der Waals surface area contributed by atoms with Crippen molar-refractivity contribution in [2.75, 3.05) is 5.73 Å². The first-order valence-corrected chi connectivity index (χ1v) is 7.12. The van der Waals surface area contributed by atoms with Crippen LogP contribution in [0.15, 0.2) is 56.7 Å². The maximum Gasteiger partial charge on any atom is 0.0458 e. The summed E-state index contributed by atoms with van der Waals surface area (Å²) in [6.45, 7) is 2.14. The van der Waals surface area contributed by atoms with E-state index in [1.54, 1.807) is 11.8 Å². The van der Waals surface area contributed by atoms with Crippen LogP contribution in [-0.2, 0) is 6.42 Å². The van der Waals surface area contributed by atoms with Crippen LogP contribution in [0.2, 0.25) is 0 Å². The highest BCUT2D eigenvalue weighted by Gasteiger charge is 2.02. The average Bonchev–Trinajstić information content (AvgIpc) is 2.34. The third-order valence-corrected chi connectivity index (χ3v) is 4.15. The first-order chi connectivity index (χ1) is 8.19. The number of aryl methyl sites for hydroxylation is 1. The molecule has 0 radical (unpaired) electrons. The smallest absolute Gasteiger partial charge is 0.0458 e. The van der Waals surface area contributed by atoms with Crippen molar-refractivity contribution in [1.29, 1.82) is 0 Å². The van der Waals surface area contributed by atoms with Gasteiger partial charge in [-0.2, -0.15) is 0 Å². The van der Waals surface area contributed by atoms with Crippen molar-refractivity contribution in [2.24, 2.45) is 0 Å². The average molecular weight is 308 g/mol. The third kappa shape index (κ3) is 3.27. The lowest BCUT2D eigenvalue weighted by Gasteiger charge is -2.07. The van der Waals surface area contributed by atoms with Crippen molar-refractivity contribution in [2.45, 2.75) is 23.1 Å². The van der Waals surface area contributed by atoms with E-state index in [1.165, 1.54) is 10.5 Å². The molecule has 0 saturated carbocycles. The fraction of sp³-hybridized carbons (Fsp3) is 0.143. The van der Waals surface area contributed by atoms with Crippen LogP contribution in [-0.4, -0.2) is 0 Å². The van der Waals surface area contributed by atoms with Gasteiger partial charge in [-0.25, -0.2) is 0 Å². The molecule has 0 heterocycles. The molecule has 0 unspecified atom stereocenters. The Morgan fingerprint density at radius 3 is 2.41 bits per heavy atom. The summed E-state index contributed by atoms with van der Waals surface area (Å²) in [5.41, 5.74) is 8.18. The first kappa shape index (κ1) is 12.5. The molecule has 17 heavy (non-hydrogen) atoms. The molecule has 0 aromatic heterocycles. The topological polar surface area (TPSA) is 26.0 Å². The van der Waals surface area contributed by atoms with Crippen molar-refractivity contribution in [3.8, 4) is 0 Å². The Bertz CT molecular complexity index is 508. The van der Waals surface area contributed by atoms with Crippen LogP contribution in [0, 0.1) is 0 Å². The number of hydrogen-bond acceptors (Lipinski definition) is 2. The van der Waals surface area contributed by atoms with Gasteiger partial charge in [0, 0.05) is 20.0 Å². The van der Waals surface area contributed by atoms with Crippen molar-refractivity contribution < 1.29 is 0 Å². The van der Waals surface area contributed by atoms with Crippen molar-refractivity contribution in [3.05, 3.63) is 52.5 Å². The molecule has 2 rings (SSSR count). The molecular weight excluding hydrogens is 294 g/mol. The number of hydrogen-bond donors (Lipinski definition) is 1. The van der Waals surface area contributed by atoms with Crippen molar-refractivity contribution in [3.63, 3.8) is 0 Å². The molecule has 0 aliphatic rings. The highest BCUT2D eigenvalue weighted by Crippen LogP contribution is 2.33. The van der Waals surface area contributed by atoms with E-state index < -0.39 is 0 Å². The van der Waals surface area contributed by atoms with Crippen LogP contribution in [0.3, 0.4) is 0 Å². The minimum absolute atomic E-state index is 0.859. The second-order valence-corrected chi connectivity index (χ2v) is 5.81. The summed E-state index contributed by atoms with van der Waals surface area (Å²) in [4.78, 5) is 2.31. The van der Waals surface area contributed by atoms with Crippen molar-refractivity contribution >= 4 is 33.4 Å². The Kier molecular flexibility index (Phi) is 4.13. The lowest BCUT2D eigenvalue weighted by Crippen LogP contribution is -1.90. The van der Waals surface area contributed by atoms with Crippen LogP contribution in [0.1, 0.15) is 12.5 Å². The van der Waals surface area contributed by atoms with Crippen LogP contribution >= 0.6 is 27.7 Å². The van der Waals surface area contributed by atoms with Crippen LogP contribution < -0.4 is 5.73 Å². The minimum Gasteiger partial charge on any atom is -0.398 e. The van der Waals surface area contributed by atoms with E-state index in [4.69, 9.17) is 5.73 Å². The Balaban J connectivity index is 2.21. The molecule has 0 amide bonds. The van der Waals surface area contributed by atoms with E-state index >= 15 is 0 Å². The van der Waals surface area contributed by atoms with Gasteiger partial charge in [0.1, 0.15) is 0 Å². The van der Waals surface area contributed by atoms with Gasteiger partial charge < -0.3 is 5.73 Å². The van der Waals surface area contributed by atoms with Gasteiger partial charge in [-0.1, -0.05) is 40.7 Å². The van der Waals surface area contributed by atoms with Crippen LogP contribution in [0.5, 0.6) is 0 Å². The second-order valence-electron chi connectivity index (χ2n) is 3.78. The lowest BCUT2D eigenvalue weighted by molar-refractivity contribution is 1.13. The molecule has 0 aliphatic carbocycles.